The van der Waals surface area contributed by atoms with Crippen LogP contribution in [0.15, 0.2) is 24.3 Å². The number of benzene rings is 1. The van der Waals surface area contributed by atoms with Crippen molar-refractivity contribution in [1.82, 2.24) is 0 Å². The third kappa shape index (κ3) is 4.58. The molecule has 0 saturated heterocycles. The standard InChI is InChI=1S/C17H18FNO3S2/c1-10-11(2)24-16(15(10)17(21)22-3)19-14(20)9-23-8-12-4-6-13(18)7-5-12/h4-7H,8-9H2,1-3H3,(H,19,20). The molecule has 128 valence electrons. The van der Waals surface area contributed by atoms with Crippen LogP contribution in [0.1, 0.15) is 26.4 Å². The Morgan fingerprint density at radius 3 is 2.54 bits per heavy atom. The molecule has 0 saturated carbocycles. The van der Waals surface area contributed by atoms with Gasteiger partial charge in [0.1, 0.15) is 10.8 Å². The van der Waals surface area contributed by atoms with E-state index < -0.39 is 5.97 Å². The van der Waals surface area contributed by atoms with Gasteiger partial charge in [-0.1, -0.05) is 12.1 Å². The number of ether oxygens (including phenoxy) is 1. The minimum absolute atomic E-state index is 0.187. The number of rotatable bonds is 6. The normalized spacial score (nSPS) is 10.5. The molecular formula is C17H18FNO3S2. The van der Waals surface area contributed by atoms with Gasteiger partial charge in [0.2, 0.25) is 5.91 Å². The number of aryl methyl sites for hydroxylation is 1. The number of esters is 1. The Morgan fingerprint density at radius 1 is 1.25 bits per heavy atom. The largest absolute Gasteiger partial charge is 0.465 e. The molecule has 0 radical (unpaired) electrons. The van der Waals surface area contributed by atoms with E-state index in [1.165, 1.54) is 42.3 Å². The Labute approximate surface area is 148 Å². The average molecular weight is 367 g/mol. The Morgan fingerprint density at radius 2 is 1.92 bits per heavy atom. The zero-order chi connectivity index (χ0) is 17.7. The van der Waals surface area contributed by atoms with Crippen molar-refractivity contribution in [1.29, 1.82) is 0 Å². The molecule has 0 fully saturated rings. The van der Waals surface area contributed by atoms with Crippen LogP contribution in [0, 0.1) is 19.7 Å². The monoisotopic (exact) mass is 367 g/mol. The van der Waals surface area contributed by atoms with E-state index in [4.69, 9.17) is 4.74 Å². The number of carbonyl (C=O) groups is 2. The summed E-state index contributed by atoms with van der Waals surface area (Å²) in [6, 6.07) is 6.19. The number of carbonyl (C=O) groups excluding carboxylic acids is 2. The molecule has 2 aromatic rings. The lowest BCUT2D eigenvalue weighted by Crippen LogP contribution is -2.16. The van der Waals surface area contributed by atoms with Crippen LogP contribution in [0.2, 0.25) is 0 Å². The van der Waals surface area contributed by atoms with Crippen molar-refractivity contribution in [2.45, 2.75) is 19.6 Å². The zero-order valence-corrected chi connectivity index (χ0v) is 15.3. The number of anilines is 1. The number of amides is 1. The smallest absolute Gasteiger partial charge is 0.341 e. The van der Waals surface area contributed by atoms with E-state index in [0.29, 0.717) is 16.3 Å². The van der Waals surface area contributed by atoms with Crippen LogP contribution in [0.5, 0.6) is 0 Å². The first-order valence-corrected chi connectivity index (χ1v) is 9.19. The molecular weight excluding hydrogens is 349 g/mol. The number of halogens is 1. The van der Waals surface area contributed by atoms with Gasteiger partial charge in [0.25, 0.3) is 0 Å². The highest BCUT2D eigenvalue weighted by atomic mass is 32.2. The average Bonchev–Trinajstić information content (AvgIpc) is 2.83. The number of thioether (sulfide) groups is 1. The molecule has 0 spiro atoms. The zero-order valence-electron chi connectivity index (χ0n) is 13.6. The fraction of sp³-hybridized carbons (Fsp3) is 0.294. The fourth-order valence-corrected chi connectivity index (χ4v) is 3.92. The predicted molar refractivity (Wildman–Crippen MR) is 96.3 cm³/mol. The van der Waals surface area contributed by atoms with Gasteiger partial charge in [-0.2, -0.15) is 0 Å². The Kier molecular flexibility index (Phi) is 6.39. The number of hydrogen-bond donors (Lipinski definition) is 1. The second-order valence-electron chi connectivity index (χ2n) is 5.15. The highest BCUT2D eigenvalue weighted by molar-refractivity contribution is 7.99. The number of hydrogen-bond acceptors (Lipinski definition) is 5. The van der Waals surface area contributed by atoms with Crippen LogP contribution in [0.4, 0.5) is 9.39 Å². The molecule has 1 aromatic carbocycles. The van der Waals surface area contributed by atoms with Gasteiger partial charge in [-0.05, 0) is 37.1 Å². The molecule has 0 unspecified atom stereocenters. The summed E-state index contributed by atoms with van der Waals surface area (Å²) in [5.41, 5.74) is 2.19. The molecule has 0 aliphatic heterocycles. The first-order valence-electron chi connectivity index (χ1n) is 7.22. The molecule has 2 rings (SSSR count). The van der Waals surface area contributed by atoms with Crippen LogP contribution >= 0.6 is 23.1 Å². The summed E-state index contributed by atoms with van der Waals surface area (Å²) in [7, 11) is 1.32. The summed E-state index contributed by atoms with van der Waals surface area (Å²) in [6.45, 7) is 3.72. The fourth-order valence-electron chi connectivity index (χ4n) is 2.07. The van der Waals surface area contributed by atoms with E-state index in [1.54, 1.807) is 12.1 Å². The van der Waals surface area contributed by atoms with Gasteiger partial charge in [0, 0.05) is 10.6 Å². The number of thiophene rings is 1. The molecule has 0 aliphatic carbocycles. The van der Waals surface area contributed by atoms with Crippen molar-refractivity contribution >= 4 is 40.0 Å². The molecule has 1 heterocycles. The van der Waals surface area contributed by atoms with Gasteiger partial charge < -0.3 is 10.1 Å². The summed E-state index contributed by atoms with van der Waals surface area (Å²) in [4.78, 5) is 24.9. The summed E-state index contributed by atoms with van der Waals surface area (Å²) >= 11 is 2.79. The molecule has 1 amide bonds. The molecule has 1 N–H and O–H groups in total. The molecule has 1 aromatic heterocycles. The summed E-state index contributed by atoms with van der Waals surface area (Å²) < 4.78 is 17.6. The second-order valence-corrected chi connectivity index (χ2v) is 7.36. The molecule has 0 atom stereocenters. The highest BCUT2D eigenvalue weighted by Crippen LogP contribution is 2.33. The van der Waals surface area contributed by atoms with Gasteiger partial charge in [0.15, 0.2) is 0 Å². The molecule has 24 heavy (non-hydrogen) atoms. The predicted octanol–water partition coefficient (Wildman–Crippen LogP) is 4.16. The van der Waals surface area contributed by atoms with E-state index >= 15 is 0 Å². The van der Waals surface area contributed by atoms with E-state index in [9.17, 15) is 14.0 Å². The van der Waals surface area contributed by atoms with Crippen LogP contribution in [-0.2, 0) is 15.3 Å². The summed E-state index contributed by atoms with van der Waals surface area (Å²) in [6.07, 6.45) is 0. The van der Waals surface area contributed by atoms with Crippen LogP contribution in [-0.4, -0.2) is 24.7 Å². The van der Waals surface area contributed by atoms with Crippen molar-refractivity contribution < 1.29 is 18.7 Å². The molecule has 7 heteroatoms. The SMILES string of the molecule is COC(=O)c1c(NC(=O)CSCc2ccc(F)cc2)sc(C)c1C. The maximum Gasteiger partial charge on any atom is 0.341 e. The van der Waals surface area contributed by atoms with E-state index in [-0.39, 0.29) is 17.5 Å². The van der Waals surface area contributed by atoms with Crippen molar-refractivity contribution in [2.75, 3.05) is 18.2 Å². The highest BCUT2D eigenvalue weighted by Gasteiger charge is 2.21. The van der Waals surface area contributed by atoms with Gasteiger partial charge in [-0.25, -0.2) is 9.18 Å². The Balaban J connectivity index is 1.94. The van der Waals surface area contributed by atoms with Crippen molar-refractivity contribution in [3.05, 3.63) is 51.7 Å². The van der Waals surface area contributed by atoms with Gasteiger partial charge >= 0.3 is 5.97 Å². The molecule has 4 nitrogen and oxygen atoms in total. The molecule has 0 bridgehead atoms. The Hall–Kier alpha value is -1.86. The van der Waals surface area contributed by atoms with Crippen LogP contribution in [0.25, 0.3) is 0 Å². The maximum absolute atomic E-state index is 12.8. The quantitative estimate of drug-likeness (QED) is 0.779. The Bertz CT molecular complexity index is 741. The third-order valence-corrected chi connectivity index (χ3v) is 5.57. The van der Waals surface area contributed by atoms with Crippen molar-refractivity contribution in [2.24, 2.45) is 0 Å². The first kappa shape index (κ1) is 18.5. The minimum Gasteiger partial charge on any atom is -0.465 e. The topological polar surface area (TPSA) is 55.4 Å². The first-order chi connectivity index (χ1) is 11.4. The van der Waals surface area contributed by atoms with E-state index in [0.717, 1.165) is 16.0 Å². The summed E-state index contributed by atoms with van der Waals surface area (Å²) in [5, 5.41) is 3.30. The van der Waals surface area contributed by atoms with Gasteiger partial charge in [-0.3, -0.25) is 4.79 Å². The van der Waals surface area contributed by atoms with Crippen molar-refractivity contribution in [3.63, 3.8) is 0 Å². The summed E-state index contributed by atoms with van der Waals surface area (Å²) in [5.74, 6) is -0.0616. The van der Waals surface area contributed by atoms with Crippen LogP contribution < -0.4 is 5.32 Å². The lowest BCUT2D eigenvalue weighted by atomic mass is 10.1. The van der Waals surface area contributed by atoms with Gasteiger partial charge in [-0.15, -0.1) is 23.1 Å². The lowest BCUT2D eigenvalue weighted by molar-refractivity contribution is -0.113. The van der Waals surface area contributed by atoms with E-state index in [2.05, 4.69) is 5.32 Å². The van der Waals surface area contributed by atoms with Gasteiger partial charge in [0.05, 0.1) is 18.4 Å². The number of nitrogens with one attached hydrogen (secondary N) is 1. The minimum atomic E-state index is -0.453. The third-order valence-electron chi connectivity index (χ3n) is 3.44. The maximum atomic E-state index is 12.8. The second kappa shape index (κ2) is 8.30. The van der Waals surface area contributed by atoms with Crippen molar-refractivity contribution in [3.8, 4) is 0 Å². The lowest BCUT2D eigenvalue weighted by Gasteiger charge is -2.06. The van der Waals surface area contributed by atoms with Crippen LogP contribution in [0.3, 0.4) is 0 Å². The van der Waals surface area contributed by atoms with E-state index in [1.807, 2.05) is 13.8 Å². The molecule has 0 aliphatic rings. The number of methoxy groups -OCH3 is 1.